The number of fused-ring (bicyclic) bond motifs is 3. The molecule has 2 aromatic rings. The van der Waals surface area contributed by atoms with Crippen molar-refractivity contribution in [2.75, 3.05) is 0 Å². The summed E-state index contributed by atoms with van der Waals surface area (Å²) in [4.78, 5) is 11.0. The fraction of sp³-hybridized carbons (Fsp3) is 0.167. The SMILES string of the molecule is O=C(O)c1[nH]nc2c1COc1ccc(CCl)cc1-2. The molecule has 0 unspecified atom stereocenters. The van der Waals surface area contributed by atoms with Gasteiger partial charge in [-0.05, 0) is 17.7 Å². The van der Waals surface area contributed by atoms with Gasteiger partial charge in [0.25, 0.3) is 0 Å². The molecule has 0 fully saturated rings. The fourth-order valence-corrected chi connectivity index (χ4v) is 2.19. The highest BCUT2D eigenvalue weighted by molar-refractivity contribution is 6.17. The summed E-state index contributed by atoms with van der Waals surface area (Å²) in [6, 6.07) is 5.57. The second-order valence-corrected chi connectivity index (χ2v) is 4.25. The third-order valence-electron chi connectivity index (χ3n) is 2.91. The largest absolute Gasteiger partial charge is 0.488 e. The molecule has 2 N–H and O–H groups in total. The molecule has 1 aliphatic rings. The summed E-state index contributed by atoms with van der Waals surface area (Å²) in [6.45, 7) is 0.209. The molecule has 0 radical (unpaired) electrons. The van der Waals surface area contributed by atoms with E-state index in [4.69, 9.17) is 21.4 Å². The molecule has 3 rings (SSSR count). The van der Waals surface area contributed by atoms with Gasteiger partial charge in [-0.2, -0.15) is 5.10 Å². The Balaban J connectivity index is 2.19. The second kappa shape index (κ2) is 4.03. The first-order valence-electron chi connectivity index (χ1n) is 5.33. The first-order valence-corrected chi connectivity index (χ1v) is 5.86. The fourth-order valence-electron chi connectivity index (χ4n) is 2.03. The Labute approximate surface area is 107 Å². The van der Waals surface area contributed by atoms with Crippen LogP contribution in [0.15, 0.2) is 18.2 Å². The molecular weight excluding hydrogens is 256 g/mol. The van der Waals surface area contributed by atoms with Gasteiger partial charge >= 0.3 is 5.97 Å². The first-order chi connectivity index (χ1) is 8.70. The predicted molar refractivity (Wildman–Crippen MR) is 64.9 cm³/mol. The third-order valence-corrected chi connectivity index (χ3v) is 3.22. The quantitative estimate of drug-likeness (QED) is 0.817. The highest BCUT2D eigenvalue weighted by Crippen LogP contribution is 2.38. The van der Waals surface area contributed by atoms with Crippen LogP contribution in [0.2, 0.25) is 0 Å². The van der Waals surface area contributed by atoms with Crippen molar-refractivity contribution in [3.8, 4) is 17.0 Å². The molecule has 0 amide bonds. The molecule has 0 atom stereocenters. The summed E-state index contributed by atoms with van der Waals surface area (Å²) in [5.74, 6) is 0.0443. The topological polar surface area (TPSA) is 75.2 Å². The number of hydrogen-bond donors (Lipinski definition) is 2. The van der Waals surface area contributed by atoms with Gasteiger partial charge in [0.1, 0.15) is 18.1 Å². The number of rotatable bonds is 2. The maximum Gasteiger partial charge on any atom is 0.354 e. The number of alkyl halides is 1. The number of halogens is 1. The molecule has 0 saturated heterocycles. The molecule has 0 saturated carbocycles. The van der Waals surface area contributed by atoms with E-state index in [1.807, 2.05) is 18.2 Å². The van der Waals surface area contributed by atoms with Crippen LogP contribution in [-0.4, -0.2) is 21.3 Å². The van der Waals surface area contributed by atoms with Crippen LogP contribution < -0.4 is 4.74 Å². The lowest BCUT2D eigenvalue weighted by molar-refractivity contribution is 0.0687. The van der Waals surface area contributed by atoms with Crippen LogP contribution in [0.5, 0.6) is 5.75 Å². The molecule has 1 aliphatic heterocycles. The Morgan fingerprint density at radius 3 is 3.11 bits per heavy atom. The number of aromatic carboxylic acids is 1. The van der Waals surface area contributed by atoms with Crippen LogP contribution in [-0.2, 0) is 12.5 Å². The summed E-state index contributed by atoms with van der Waals surface area (Å²) >= 11 is 5.79. The van der Waals surface area contributed by atoms with Crippen molar-refractivity contribution in [1.82, 2.24) is 10.2 Å². The molecular formula is C12H9ClN2O3. The Bertz CT molecular complexity index is 636. The van der Waals surface area contributed by atoms with Crippen molar-refractivity contribution in [2.45, 2.75) is 12.5 Å². The highest BCUT2D eigenvalue weighted by Gasteiger charge is 2.26. The van der Waals surface area contributed by atoms with Crippen LogP contribution in [0.3, 0.4) is 0 Å². The minimum absolute atomic E-state index is 0.0759. The van der Waals surface area contributed by atoms with E-state index in [1.165, 1.54) is 0 Å². The standard InChI is InChI=1S/C12H9ClN2O3/c13-4-6-1-2-9-7(3-6)10-8(5-18-9)11(12(16)17)15-14-10/h1-3H,4-5H2,(H,14,15)(H,16,17). The van der Waals surface area contributed by atoms with Crippen LogP contribution in [0.4, 0.5) is 0 Å². The molecule has 6 heteroatoms. The van der Waals surface area contributed by atoms with Gasteiger partial charge in [-0.3, -0.25) is 5.10 Å². The van der Waals surface area contributed by atoms with Crippen LogP contribution in [0.1, 0.15) is 21.6 Å². The van der Waals surface area contributed by atoms with E-state index in [0.29, 0.717) is 22.9 Å². The average Bonchev–Trinajstić information content (AvgIpc) is 2.82. The Morgan fingerprint density at radius 2 is 2.39 bits per heavy atom. The summed E-state index contributed by atoms with van der Waals surface area (Å²) < 4.78 is 5.53. The number of carbonyl (C=O) groups is 1. The number of aromatic nitrogens is 2. The monoisotopic (exact) mass is 264 g/mol. The van der Waals surface area contributed by atoms with Gasteiger partial charge in [-0.25, -0.2) is 4.79 Å². The van der Waals surface area contributed by atoms with E-state index >= 15 is 0 Å². The number of benzene rings is 1. The maximum absolute atomic E-state index is 11.0. The van der Waals surface area contributed by atoms with E-state index in [9.17, 15) is 4.79 Å². The zero-order valence-electron chi connectivity index (χ0n) is 9.24. The van der Waals surface area contributed by atoms with Gasteiger partial charge in [-0.1, -0.05) is 6.07 Å². The summed E-state index contributed by atoms with van der Waals surface area (Å²) in [5.41, 5.74) is 2.99. The van der Waals surface area contributed by atoms with E-state index in [1.54, 1.807) is 0 Å². The predicted octanol–water partition coefficient (Wildman–Crippen LogP) is 2.41. The van der Waals surface area contributed by atoms with Crippen molar-refractivity contribution < 1.29 is 14.6 Å². The number of aromatic amines is 1. The molecule has 5 nitrogen and oxygen atoms in total. The van der Waals surface area contributed by atoms with E-state index in [2.05, 4.69) is 10.2 Å². The number of hydrogen-bond acceptors (Lipinski definition) is 3. The van der Waals surface area contributed by atoms with Crippen molar-refractivity contribution >= 4 is 17.6 Å². The van der Waals surface area contributed by atoms with Crippen molar-refractivity contribution in [3.05, 3.63) is 35.0 Å². The number of carboxylic acids is 1. The van der Waals surface area contributed by atoms with Gasteiger partial charge in [-0.15, -0.1) is 11.6 Å². The zero-order chi connectivity index (χ0) is 12.7. The van der Waals surface area contributed by atoms with Crippen LogP contribution in [0, 0.1) is 0 Å². The molecule has 1 aromatic heterocycles. The number of H-pyrrole nitrogens is 1. The smallest absolute Gasteiger partial charge is 0.354 e. The van der Waals surface area contributed by atoms with E-state index in [-0.39, 0.29) is 12.3 Å². The number of nitrogens with one attached hydrogen (secondary N) is 1. The summed E-state index contributed by atoms with van der Waals surface area (Å²) in [5, 5.41) is 15.6. The Hall–Kier alpha value is -2.01. The normalized spacial score (nSPS) is 12.5. The van der Waals surface area contributed by atoms with Crippen LogP contribution >= 0.6 is 11.6 Å². The lowest BCUT2D eigenvalue weighted by atomic mass is 10.0. The summed E-state index contributed by atoms with van der Waals surface area (Å²) in [7, 11) is 0. The Morgan fingerprint density at radius 1 is 1.56 bits per heavy atom. The maximum atomic E-state index is 11.0. The van der Waals surface area contributed by atoms with Crippen molar-refractivity contribution in [2.24, 2.45) is 0 Å². The lowest BCUT2D eigenvalue weighted by Gasteiger charge is -2.17. The molecule has 0 spiro atoms. The van der Waals surface area contributed by atoms with Gasteiger partial charge in [0.2, 0.25) is 0 Å². The molecule has 18 heavy (non-hydrogen) atoms. The van der Waals surface area contributed by atoms with E-state index < -0.39 is 5.97 Å². The Kier molecular flexibility index (Phi) is 2.48. The average molecular weight is 265 g/mol. The molecule has 1 aromatic carbocycles. The van der Waals surface area contributed by atoms with Gasteiger partial charge < -0.3 is 9.84 Å². The van der Waals surface area contributed by atoms with Crippen molar-refractivity contribution in [3.63, 3.8) is 0 Å². The minimum atomic E-state index is -1.04. The highest BCUT2D eigenvalue weighted by atomic mass is 35.5. The molecule has 0 bridgehead atoms. The molecule has 0 aliphatic carbocycles. The van der Waals surface area contributed by atoms with Gasteiger partial charge in [0, 0.05) is 11.4 Å². The van der Waals surface area contributed by atoms with Crippen molar-refractivity contribution in [1.29, 1.82) is 0 Å². The molecule has 2 heterocycles. The van der Waals surface area contributed by atoms with Gasteiger partial charge in [0.15, 0.2) is 5.69 Å². The number of ether oxygens (including phenoxy) is 1. The van der Waals surface area contributed by atoms with Crippen LogP contribution in [0.25, 0.3) is 11.3 Å². The van der Waals surface area contributed by atoms with E-state index in [0.717, 1.165) is 11.1 Å². The first kappa shape index (κ1) is 11.1. The number of nitrogens with zero attached hydrogens (tertiary/aromatic N) is 1. The van der Waals surface area contributed by atoms with Gasteiger partial charge in [0.05, 0.1) is 5.56 Å². The zero-order valence-corrected chi connectivity index (χ0v) is 9.99. The second-order valence-electron chi connectivity index (χ2n) is 3.98. The number of carboxylic acid groups (broad SMARTS) is 1. The lowest BCUT2D eigenvalue weighted by Crippen LogP contribution is -2.09. The third kappa shape index (κ3) is 1.55. The molecule has 92 valence electrons. The summed E-state index contributed by atoms with van der Waals surface area (Å²) in [6.07, 6.45) is 0. The minimum Gasteiger partial charge on any atom is -0.488 e.